The van der Waals surface area contributed by atoms with Crippen LogP contribution in [-0.4, -0.2) is 9.55 Å². The van der Waals surface area contributed by atoms with Crippen molar-refractivity contribution in [3.63, 3.8) is 0 Å². The average Bonchev–Trinajstić information content (AvgIpc) is 2.35. The summed E-state index contributed by atoms with van der Waals surface area (Å²) in [5.74, 6) is -1.88. The van der Waals surface area contributed by atoms with E-state index in [9.17, 15) is 18.0 Å². The second-order valence-electron chi connectivity index (χ2n) is 6.14. The number of alkyl halides is 2. The van der Waals surface area contributed by atoms with Gasteiger partial charge in [0.15, 0.2) is 0 Å². The van der Waals surface area contributed by atoms with Gasteiger partial charge in [0.05, 0.1) is 0 Å². The first-order valence-corrected chi connectivity index (χ1v) is 6.95. The van der Waals surface area contributed by atoms with Gasteiger partial charge in [0.1, 0.15) is 11.6 Å². The van der Waals surface area contributed by atoms with E-state index in [4.69, 9.17) is 0 Å². The maximum atomic E-state index is 14.6. The maximum absolute atomic E-state index is 14.6. The van der Waals surface area contributed by atoms with Crippen molar-refractivity contribution in [2.24, 2.45) is 0 Å². The SMILES string of the molecule is Cc1cc(=O)n(C(C)(C)C)c(C(F)(F)Oc2cccc(F)c2)n1. The lowest BCUT2D eigenvalue weighted by molar-refractivity contribution is -0.196. The number of nitrogens with zero attached hydrogens (tertiary/aromatic N) is 2. The summed E-state index contributed by atoms with van der Waals surface area (Å²) in [7, 11) is 0. The molecule has 0 N–H and O–H groups in total. The number of hydrogen-bond acceptors (Lipinski definition) is 3. The molecule has 0 fully saturated rings. The molecule has 0 amide bonds. The number of halogens is 3. The first kappa shape index (κ1) is 17.1. The van der Waals surface area contributed by atoms with Gasteiger partial charge >= 0.3 is 6.11 Å². The lowest BCUT2D eigenvalue weighted by atomic mass is 10.1. The smallest absolute Gasteiger partial charge is 0.426 e. The number of ether oxygens (including phenoxy) is 1. The maximum Gasteiger partial charge on any atom is 0.461 e. The van der Waals surface area contributed by atoms with Gasteiger partial charge in [-0.3, -0.25) is 9.36 Å². The highest BCUT2D eigenvalue weighted by Gasteiger charge is 2.42. The predicted molar refractivity (Wildman–Crippen MR) is 79.2 cm³/mol. The molecule has 0 bridgehead atoms. The van der Waals surface area contributed by atoms with Gasteiger partial charge in [-0.15, -0.1) is 0 Å². The van der Waals surface area contributed by atoms with Crippen molar-refractivity contribution in [3.8, 4) is 5.75 Å². The summed E-state index contributed by atoms with van der Waals surface area (Å²) in [5, 5.41) is 0. The van der Waals surface area contributed by atoms with E-state index in [1.165, 1.54) is 25.1 Å². The molecule has 7 heteroatoms. The molecule has 1 aromatic heterocycles. The van der Waals surface area contributed by atoms with Gasteiger partial charge in [0.2, 0.25) is 5.82 Å². The standard InChI is InChI=1S/C16H17F3N2O2/c1-10-8-13(22)21(15(2,3)4)14(20-10)16(18,19)23-12-7-5-6-11(17)9-12/h5-9H,1-4H3. The van der Waals surface area contributed by atoms with Crippen LogP contribution in [0.1, 0.15) is 32.3 Å². The van der Waals surface area contributed by atoms with E-state index in [2.05, 4.69) is 9.72 Å². The fraction of sp³-hybridized carbons (Fsp3) is 0.375. The summed E-state index contributed by atoms with van der Waals surface area (Å²) in [4.78, 5) is 15.9. The van der Waals surface area contributed by atoms with E-state index in [1.54, 1.807) is 20.8 Å². The Labute approximate surface area is 131 Å². The molecule has 0 saturated carbocycles. The summed E-state index contributed by atoms with van der Waals surface area (Å²) in [6.07, 6.45) is -3.90. The van der Waals surface area contributed by atoms with Crippen LogP contribution < -0.4 is 10.3 Å². The van der Waals surface area contributed by atoms with Crippen molar-refractivity contribution in [2.45, 2.75) is 39.3 Å². The molecule has 0 saturated heterocycles. The Morgan fingerprint density at radius 3 is 2.39 bits per heavy atom. The fourth-order valence-electron chi connectivity index (χ4n) is 2.16. The number of hydrogen-bond donors (Lipinski definition) is 0. The number of aromatic nitrogens is 2. The second kappa shape index (κ2) is 5.72. The molecule has 0 spiro atoms. The highest BCUT2D eigenvalue weighted by atomic mass is 19.3. The summed E-state index contributed by atoms with van der Waals surface area (Å²) >= 11 is 0. The molecule has 23 heavy (non-hydrogen) atoms. The molecular weight excluding hydrogens is 309 g/mol. The Balaban J connectivity index is 2.57. The van der Waals surface area contributed by atoms with E-state index in [0.29, 0.717) is 0 Å². The van der Waals surface area contributed by atoms with Crippen molar-refractivity contribution in [2.75, 3.05) is 0 Å². The van der Waals surface area contributed by atoms with Crippen LogP contribution in [0.2, 0.25) is 0 Å². The molecule has 2 aromatic rings. The lowest BCUT2D eigenvalue weighted by Gasteiger charge is -2.28. The van der Waals surface area contributed by atoms with Crippen molar-refractivity contribution in [1.82, 2.24) is 9.55 Å². The molecular formula is C16H17F3N2O2. The third kappa shape index (κ3) is 3.72. The normalized spacial score (nSPS) is 12.3. The monoisotopic (exact) mass is 326 g/mol. The van der Waals surface area contributed by atoms with E-state index in [0.717, 1.165) is 16.7 Å². The van der Waals surface area contributed by atoms with E-state index >= 15 is 0 Å². The summed E-state index contributed by atoms with van der Waals surface area (Å²) < 4.78 is 47.8. The summed E-state index contributed by atoms with van der Waals surface area (Å²) in [6, 6.07) is 5.57. The summed E-state index contributed by atoms with van der Waals surface area (Å²) in [6.45, 7) is 6.25. The van der Waals surface area contributed by atoms with Crippen molar-refractivity contribution in [3.05, 3.63) is 58.0 Å². The minimum Gasteiger partial charge on any atom is -0.426 e. The van der Waals surface area contributed by atoms with Gasteiger partial charge < -0.3 is 4.74 Å². The molecule has 0 aliphatic rings. The third-order valence-corrected chi connectivity index (χ3v) is 3.02. The van der Waals surface area contributed by atoms with E-state index in [1.807, 2.05) is 0 Å². The average molecular weight is 326 g/mol. The Kier molecular flexibility index (Phi) is 4.24. The molecule has 0 unspecified atom stereocenters. The Hall–Kier alpha value is -2.31. The zero-order valence-electron chi connectivity index (χ0n) is 13.2. The van der Waals surface area contributed by atoms with Crippen LogP contribution >= 0.6 is 0 Å². The minimum absolute atomic E-state index is 0.146. The highest BCUT2D eigenvalue weighted by molar-refractivity contribution is 5.23. The van der Waals surface area contributed by atoms with Crippen molar-refractivity contribution >= 4 is 0 Å². The molecule has 1 heterocycles. The van der Waals surface area contributed by atoms with Crippen molar-refractivity contribution in [1.29, 1.82) is 0 Å². The quantitative estimate of drug-likeness (QED) is 0.866. The van der Waals surface area contributed by atoms with Gasteiger partial charge in [-0.25, -0.2) is 9.37 Å². The number of rotatable bonds is 3. The summed E-state index contributed by atoms with van der Waals surface area (Å²) in [5.41, 5.74) is -1.39. The highest BCUT2D eigenvalue weighted by Crippen LogP contribution is 2.32. The van der Waals surface area contributed by atoms with Crippen LogP contribution in [0.25, 0.3) is 0 Å². The zero-order chi connectivity index (χ0) is 17.4. The van der Waals surface area contributed by atoms with Crippen LogP contribution in [0.3, 0.4) is 0 Å². The largest absolute Gasteiger partial charge is 0.461 e. The molecule has 2 rings (SSSR count). The zero-order valence-corrected chi connectivity index (χ0v) is 13.2. The van der Waals surface area contributed by atoms with Gasteiger partial charge in [-0.05, 0) is 39.8 Å². The topological polar surface area (TPSA) is 44.1 Å². The molecule has 0 aliphatic carbocycles. The Morgan fingerprint density at radius 2 is 1.83 bits per heavy atom. The molecule has 124 valence electrons. The van der Waals surface area contributed by atoms with Gasteiger partial charge in [-0.2, -0.15) is 8.78 Å². The first-order valence-electron chi connectivity index (χ1n) is 6.95. The first-order chi connectivity index (χ1) is 10.5. The minimum atomic E-state index is -3.90. The molecule has 1 aromatic carbocycles. The molecule has 4 nitrogen and oxygen atoms in total. The van der Waals surface area contributed by atoms with E-state index < -0.39 is 28.8 Å². The number of benzene rings is 1. The lowest BCUT2D eigenvalue weighted by Crippen LogP contribution is -2.42. The predicted octanol–water partition coefficient (Wildman–Crippen LogP) is 3.57. The van der Waals surface area contributed by atoms with Crippen molar-refractivity contribution < 1.29 is 17.9 Å². The number of aryl methyl sites for hydroxylation is 1. The molecule has 0 radical (unpaired) electrons. The van der Waals surface area contributed by atoms with Crippen LogP contribution in [-0.2, 0) is 11.6 Å². The third-order valence-electron chi connectivity index (χ3n) is 3.02. The van der Waals surface area contributed by atoms with E-state index in [-0.39, 0.29) is 11.4 Å². The second-order valence-corrected chi connectivity index (χ2v) is 6.14. The fourth-order valence-corrected chi connectivity index (χ4v) is 2.16. The Bertz CT molecular complexity index is 780. The van der Waals surface area contributed by atoms with Crippen LogP contribution in [0.5, 0.6) is 5.75 Å². The Morgan fingerprint density at radius 1 is 1.17 bits per heavy atom. The van der Waals surface area contributed by atoms with Gasteiger partial charge in [0, 0.05) is 23.4 Å². The van der Waals surface area contributed by atoms with Gasteiger partial charge in [0.25, 0.3) is 5.56 Å². The van der Waals surface area contributed by atoms with Crippen LogP contribution in [0.15, 0.2) is 35.1 Å². The van der Waals surface area contributed by atoms with Crippen LogP contribution in [0.4, 0.5) is 13.2 Å². The van der Waals surface area contributed by atoms with Crippen LogP contribution in [0, 0.1) is 12.7 Å². The molecule has 0 aliphatic heterocycles. The molecule has 0 atom stereocenters. The van der Waals surface area contributed by atoms with Gasteiger partial charge in [-0.1, -0.05) is 6.07 Å².